The Hall–Kier alpha value is -0.899. The third-order valence-electron chi connectivity index (χ3n) is 5.97. The van der Waals surface area contributed by atoms with Gasteiger partial charge in [0.25, 0.3) is 0 Å². The molecule has 0 unspecified atom stereocenters. The van der Waals surface area contributed by atoms with Gasteiger partial charge in [0, 0.05) is 0 Å². The molecular weight excluding hydrogens is 485 g/mol. The van der Waals surface area contributed by atoms with E-state index in [9.17, 15) is 0 Å². The van der Waals surface area contributed by atoms with Gasteiger partial charge in [0.1, 0.15) is 0 Å². The fraction of sp³-hybridized carbons (Fsp3) is 0.370. The van der Waals surface area contributed by atoms with Crippen LogP contribution >= 0.6 is 0 Å². The summed E-state index contributed by atoms with van der Waals surface area (Å²) in [7, 11) is -0.513. The number of H-pyrrole nitrogens is 1. The average molecular weight is 518 g/mol. The van der Waals surface area contributed by atoms with E-state index in [2.05, 4.69) is 108 Å². The Morgan fingerprint density at radius 1 is 0.812 bits per heavy atom. The largest absolute Gasteiger partial charge is 1.00 e. The van der Waals surface area contributed by atoms with Crippen molar-refractivity contribution in [1.82, 2.24) is 4.98 Å². The average Bonchev–Trinajstić information content (AvgIpc) is 3.19. The molecule has 0 fully saturated rings. The van der Waals surface area contributed by atoms with Crippen LogP contribution in [0.4, 0.5) is 0 Å². The van der Waals surface area contributed by atoms with Gasteiger partial charge in [0.2, 0.25) is 0 Å². The van der Waals surface area contributed by atoms with Crippen molar-refractivity contribution in [2.45, 2.75) is 65.5 Å². The van der Waals surface area contributed by atoms with E-state index in [4.69, 9.17) is 0 Å². The molecule has 5 heteroatoms. The first kappa shape index (κ1) is 27.3. The molecule has 2 aromatic carbocycles. The van der Waals surface area contributed by atoms with Gasteiger partial charge < -0.3 is 24.8 Å². The molecule has 1 aliphatic carbocycles. The second-order valence-corrected chi connectivity index (χ2v) is 15.2. The number of aromatic nitrogens is 1. The second-order valence-electron chi connectivity index (χ2n) is 10.7. The smallest absolute Gasteiger partial charge is 1.00 e. The van der Waals surface area contributed by atoms with E-state index in [0.717, 1.165) is 0 Å². The standard InChI is InChI=1S/C16H22N.C11H11Si.2ClH.Ti/c1-15(2,3)11-8-7-9-13-14(11)12(10-17-13)16(4,5)6;1-12(2)11-7-9-5-3-4-6-10(9)8-11;;;/h7-9,17H,1-6H3;3-7H,1-2H3;2*1H;/q;;;;+2/p-2. The van der Waals surface area contributed by atoms with E-state index in [-0.39, 0.29) is 35.6 Å². The number of hydrogen-bond acceptors (Lipinski definition) is 0. The van der Waals surface area contributed by atoms with E-state index in [0.29, 0.717) is 0 Å². The normalized spacial score (nSPS) is 13.1. The van der Waals surface area contributed by atoms with Crippen LogP contribution in [0.3, 0.4) is 0 Å². The maximum atomic E-state index is 3.92. The molecule has 0 spiro atoms. The minimum Gasteiger partial charge on any atom is -1.00 e. The molecule has 0 atom stereocenters. The zero-order chi connectivity index (χ0) is 21.8. The molecular formula is C27H33Cl2NSiTi. The van der Waals surface area contributed by atoms with Crippen LogP contribution in [0.1, 0.15) is 52.7 Å². The topological polar surface area (TPSA) is 15.8 Å². The predicted octanol–water partition coefficient (Wildman–Crippen LogP) is -1.41. The van der Waals surface area contributed by atoms with Crippen LogP contribution in [-0.4, -0.2) is 18.6 Å². The number of hydrogen-bond donors (Lipinski definition) is 1. The van der Waals surface area contributed by atoms with Crippen LogP contribution in [0.15, 0.2) is 42.5 Å². The Labute approximate surface area is 215 Å². The van der Waals surface area contributed by atoms with Crippen molar-refractivity contribution >= 4 is 38.4 Å². The van der Waals surface area contributed by atoms with Crippen molar-refractivity contribution in [1.29, 1.82) is 0 Å². The first-order valence-electron chi connectivity index (χ1n) is 10.9. The number of rotatable bonds is 2. The van der Waals surface area contributed by atoms with Gasteiger partial charge in [0.05, 0.1) is 0 Å². The summed E-state index contributed by atoms with van der Waals surface area (Å²) in [6.45, 7) is 19.0. The van der Waals surface area contributed by atoms with Gasteiger partial charge in [-0.1, -0.05) is 0 Å². The third-order valence-corrected chi connectivity index (χ3v) is 10.0. The predicted molar refractivity (Wildman–Crippen MR) is 131 cm³/mol. The number of nitrogens with one attached hydrogen (secondary N) is 1. The van der Waals surface area contributed by atoms with E-state index in [1.165, 1.54) is 30.9 Å². The van der Waals surface area contributed by atoms with Gasteiger partial charge in [-0.15, -0.1) is 0 Å². The third kappa shape index (κ3) is 4.96. The van der Waals surface area contributed by atoms with Crippen molar-refractivity contribution in [3.05, 3.63) is 64.0 Å². The molecule has 1 N–H and O–H groups in total. The minimum atomic E-state index is -0.513. The summed E-state index contributed by atoms with van der Waals surface area (Å²) >= 11 is -0.481. The Morgan fingerprint density at radius 2 is 1.47 bits per heavy atom. The summed E-state index contributed by atoms with van der Waals surface area (Å²) in [5.74, 6) is 0. The van der Waals surface area contributed by atoms with Crippen LogP contribution in [0.2, 0.25) is 13.1 Å². The molecule has 0 saturated heterocycles. The zero-order valence-electron chi connectivity index (χ0n) is 20.4. The van der Waals surface area contributed by atoms with Gasteiger partial charge in [-0.25, -0.2) is 0 Å². The zero-order valence-corrected chi connectivity index (χ0v) is 24.4. The molecule has 32 heavy (non-hydrogen) atoms. The fourth-order valence-corrected chi connectivity index (χ4v) is 9.66. The molecule has 1 aromatic heterocycles. The quantitative estimate of drug-likeness (QED) is 0.402. The molecule has 1 heterocycles. The summed E-state index contributed by atoms with van der Waals surface area (Å²) in [4.78, 5) is 3.92. The van der Waals surface area contributed by atoms with Gasteiger partial charge in [-0.05, 0) is 0 Å². The van der Waals surface area contributed by atoms with Crippen molar-refractivity contribution < 1.29 is 44.0 Å². The molecule has 0 amide bonds. The van der Waals surface area contributed by atoms with Crippen molar-refractivity contribution in [3.8, 4) is 0 Å². The summed E-state index contributed by atoms with van der Waals surface area (Å²) in [6, 6.07) is 15.8. The van der Waals surface area contributed by atoms with Crippen molar-refractivity contribution in [3.63, 3.8) is 0 Å². The number of aromatic amines is 1. The van der Waals surface area contributed by atoms with Crippen LogP contribution in [0.5, 0.6) is 0 Å². The van der Waals surface area contributed by atoms with Gasteiger partial charge >= 0.3 is 192 Å². The van der Waals surface area contributed by atoms with E-state index in [1.54, 1.807) is 14.6 Å². The Bertz CT molecular complexity index is 1300. The first-order valence-corrected chi connectivity index (χ1v) is 15.0. The maximum absolute atomic E-state index is 3.92. The summed E-state index contributed by atoms with van der Waals surface area (Å²) in [5.41, 5.74) is 4.54. The monoisotopic (exact) mass is 517 g/mol. The van der Waals surface area contributed by atoms with Crippen LogP contribution in [-0.2, 0) is 30.0 Å². The fourth-order valence-electron chi connectivity index (χ4n) is 4.59. The summed E-state index contributed by atoms with van der Waals surface area (Å²) in [5, 5.41) is 6.00. The SMILES string of the molecule is C[Si](C)=C1C=c2ccccc2=[C]1[Ti+2][c]1[nH]c2cccc(C(C)(C)C)c2c1C(C)(C)C.[Cl-].[Cl-]. The van der Waals surface area contributed by atoms with E-state index < -0.39 is 27.6 Å². The van der Waals surface area contributed by atoms with Gasteiger partial charge in [-0.2, -0.15) is 0 Å². The minimum absolute atomic E-state index is 0. The number of benzene rings is 2. The molecule has 1 aliphatic rings. The molecule has 0 saturated carbocycles. The number of fused-ring (bicyclic) bond motifs is 2. The van der Waals surface area contributed by atoms with Crippen LogP contribution < -0.4 is 39.3 Å². The van der Waals surface area contributed by atoms with Crippen molar-refractivity contribution in [2.24, 2.45) is 0 Å². The molecule has 4 rings (SSSR count). The molecule has 1 nitrogen and oxygen atoms in total. The van der Waals surface area contributed by atoms with Gasteiger partial charge in [0.15, 0.2) is 0 Å². The molecule has 168 valence electrons. The molecule has 0 bridgehead atoms. The molecule has 0 aliphatic heterocycles. The second kappa shape index (κ2) is 9.76. The summed E-state index contributed by atoms with van der Waals surface area (Å²) < 4.78 is 3.16. The Kier molecular flexibility index (Phi) is 8.34. The molecule has 0 radical (unpaired) electrons. The Balaban J connectivity index is 0.00000181. The summed E-state index contributed by atoms with van der Waals surface area (Å²) in [6.07, 6.45) is 2.47. The number of halogens is 2. The van der Waals surface area contributed by atoms with E-state index >= 15 is 0 Å². The van der Waals surface area contributed by atoms with Gasteiger partial charge in [-0.3, -0.25) is 0 Å². The van der Waals surface area contributed by atoms with Crippen molar-refractivity contribution in [2.75, 3.05) is 0 Å². The van der Waals surface area contributed by atoms with Crippen LogP contribution in [0, 0.1) is 0 Å². The first-order chi connectivity index (χ1) is 14.0. The maximum Gasteiger partial charge on any atom is -1.00 e. The Morgan fingerprint density at radius 3 is 2.06 bits per heavy atom. The van der Waals surface area contributed by atoms with Crippen LogP contribution in [0.25, 0.3) is 20.9 Å². The van der Waals surface area contributed by atoms with E-state index in [1.807, 2.05) is 0 Å². The molecule has 3 aromatic rings.